The van der Waals surface area contributed by atoms with Crippen molar-refractivity contribution in [2.24, 2.45) is 0 Å². The molecule has 0 radical (unpaired) electrons. The van der Waals surface area contributed by atoms with E-state index in [0.717, 1.165) is 29.5 Å². The summed E-state index contributed by atoms with van der Waals surface area (Å²) >= 11 is 2.47. The number of nitrogens with zero attached hydrogens (tertiary/aromatic N) is 4. The molecule has 2 N–H and O–H groups in total. The van der Waals surface area contributed by atoms with E-state index in [0.29, 0.717) is 37.0 Å². The summed E-state index contributed by atoms with van der Waals surface area (Å²) in [5, 5.41) is 15.2. The van der Waals surface area contributed by atoms with Gasteiger partial charge in [0.05, 0.1) is 31.0 Å². The van der Waals surface area contributed by atoms with E-state index in [1.807, 2.05) is 0 Å². The van der Waals surface area contributed by atoms with Crippen LogP contribution in [0.15, 0.2) is 29.1 Å². The van der Waals surface area contributed by atoms with Gasteiger partial charge in [0.15, 0.2) is 10.8 Å². The standard InChI is InChI=1S/C19H17F3N6O4S2/c20-19(21,22)32-14-2-1-11(7-12(14)24-15(29)8-28-3-5-31-6-4-28)16(30)25-18-27-26-17(34-18)13-9-33-10-23-13/h1-2,7,9-10H,3-6,8H2,(H,24,29)(H,25,27,30). The molecule has 0 bridgehead atoms. The van der Waals surface area contributed by atoms with Gasteiger partial charge in [-0.25, -0.2) is 4.98 Å². The second-order valence-electron chi connectivity index (χ2n) is 6.94. The Kier molecular flexibility index (Phi) is 7.35. The predicted molar refractivity (Wildman–Crippen MR) is 118 cm³/mol. The number of aromatic nitrogens is 3. The summed E-state index contributed by atoms with van der Waals surface area (Å²) in [4.78, 5) is 31.0. The maximum atomic E-state index is 12.8. The summed E-state index contributed by atoms with van der Waals surface area (Å²) < 4.78 is 47.8. The Balaban J connectivity index is 1.49. The predicted octanol–water partition coefficient (Wildman–Crippen LogP) is 3.08. The number of carbonyl (C=O) groups excluding carboxylic acids is 2. The molecular formula is C19H17F3N6O4S2. The SMILES string of the molecule is O=C(CN1CCOCC1)Nc1cc(C(=O)Nc2nnc(-c3cscn3)s2)ccc1OC(F)(F)F. The number of benzene rings is 1. The molecule has 180 valence electrons. The number of anilines is 2. The Bertz CT molecular complexity index is 1150. The highest BCUT2D eigenvalue weighted by atomic mass is 32.1. The third kappa shape index (κ3) is 6.47. The first-order valence-electron chi connectivity index (χ1n) is 9.80. The van der Waals surface area contributed by atoms with E-state index in [2.05, 4.69) is 30.6 Å². The number of ether oxygens (including phenoxy) is 2. The van der Waals surface area contributed by atoms with Gasteiger partial charge in [-0.15, -0.1) is 34.7 Å². The number of halogens is 3. The summed E-state index contributed by atoms with van der Waals surface area (Å²) in [6, 6.07) is 3.22. The number of nitrogens with one attached hydrogen (secondary N) is 2. The molecule has 3 heterocycles. The van der Waals surface area contributed by atoms with Crippen LogP contribution in [0.4, 0.5) is 24.0 Å². The van der Waals surface area contributed by atoms with Gasteiger partial charge in [-0.05, 0) is 18.2 Å². The highest BCUT2D eigenvalue weighted by Gasteiger charge is 2.32. The van der Waals surface area contributed by atoms with Gasteiger partial charge in [0.1, 0.15) is 5.69 Å². The van der Waals surface area contributed by atoms with Crippen molar-refractivity contribution in [1.82, 2.24) is 20.1 Å². The molecule has 2 aromatic heterocycles. The van der Waals surface area contributed by atoms with Crippen molar-refractivity contribution in [1.29, 1.82) is 0 Å². The zero-order valence-electron chi connectivity index (χ0n) is 17.3. The fourth-order valence-corrected chi connectivity index (χ4v) is 4.32. The van der Waals surface area contributed by atoms with E-state index in [1.165, 1.54) is 11.3 Å². The van der Waals surface area contributed by atoms with Crippen molar-refractivity contribution in [2.45, 2.75) is 6.36 Å². The first-order valence-corrected chi connectivity index (χ1v) is 11.6. The monoisotopic (exact) mass is 514 g/mol. The maximum Gasteiger partial charge on any atom is 0.573 e. The average molecular weight is 515 g/mol. The van der Waals surface area contributed by atoms with Crippen LogP contribution in [0.5, 0.6) is 5.75 Å². The molecule has 3 aromatic rings. The summed E-state index contributed by atoms with van der Waals surface area (Å²) in [5.41, 5.74) is 1.95. The van der Waals surface area contributed by atoms with Crippen molar-refractivity contribution in [2.75, 3.05) is 43.5 Å². The first-order chi connectivity index (χ1) is 16.3. The summed E-state index contributed by atoms with van der Waals surface area (Å²) in [7, 11) is 0. The summed E-state index contributed by atoms with van der Waals surface area (Å²) in [6.07, 6.45) is -4.98. The number of morpholine rings is 1. The van der Waals surface area contributed by atoms with Gasteiger partial charge in [0, 0.05) is 24.0 Å². The van der Waals surface area contributed by atoms with Crippen LogP contribution in [-0.4, -0.2) is 71.1 Å². The molecule has 0 atom stereocenters. The van der Waals surface area contributed by atoms with Crippen molar-refractivity contribution in [3.8, 4) is 16.5 Å². The van der Waals surface area contributed by atoms with Gasteiger partial charge in [-0.3, -0.25) is 19.8 Å². The van der Waals surface area contributed by atoms with Crippen LogP contribution in [0.3, 0.4) is 0 Å². The fraction of sp³-hybridized carbons (Fsp3) is 0.316. The Morgan fingerprint density at radius 3 is 2.68 bits per heavy atom. The van der Waals surface area contributed by atoms with E-state index < -0.39 is 23.9 Å². The number of thiazole rings is 1. The van der Waals surface area contributed by atoms with Crippen molar-refractivity contribution in [3.63, 3.8) is 0 Å². The van der Waals surface area contributed by atoms with Crippen LogP contribution in [0.25, 0.3) is 10.7 Å². The molecule has 4 rings (SSSR count). The Morgan fingerprint density at radius 1 is 1.18 bits per heavy atom. The van der Waals surface area contributed by atoms with E-state index in [-0.39, 0.29) is 22.9 Å². The minimum absolute atomic E-state index is 0.0124. The number of hydrogen-bond acceptors (Lipinski definition) is 10. The summed E-state index contributed by atoms with van der Waals surface area (Å²) in [6.45, 7) is 1.91. The van der Waals surface area contributed by atoms with Gasteiger partial charge >= 0.3 is 6.36 Å². The highest BCUT2D eigenvalue weighted by molar-refractivity contribution is 7.18. The number of hydrogen-bond donors (Lipinski definition) is 2. The third-order valence-corrected chi connectivity index (χ3v) is 5.96. The van der Waals surface area contributed by atoms with Crippen LogP contribution >= 0.6 is 22.7 Å². The van der Waals surface area contributed by atoms with Gasteiger partial charge < -0.3 is 14.8 Å². The molecule has 1 fully saturated rings. The van der Waals surface area contributed by atoms with E-state index in [1.54, 1.807) is 15.8 Å². The zero-order valence-corrected chi connectivity index (χ0v) is 18.9. The third-order valence-electron chi connectivity index (χ3n) is 4.51. The second kappa shape index (κ2) is 10.4. The Hall–Kier alpha value is -3.14. The molecule has 1 aliphatic heterocycles. The van der Waals surface area contributed by atoms with Crippen LogP contribution in [-0.2, 0) is 9.53 Å². The highest BCUT2D eigenvalue weighted by Crippen LogP contribution is 2.32. The molecule has 0 saturated carbocycles. The van der Waals surface area contributed by atoms with Crippen molar-refractivity contribution < 1.29 is 32.2 Å². The molecule has 0 unspecified atom stereocenters. The Morgan fingerprint density at radius 2 is 1.97 bits per heavy atom. The van der Waals surface area contributed by atoms with Crippen LogP contribution in [0.1, 0.15) is 10.4 Å². The molecule has 34 heavy (non-hydrogen) atoms. The molecule has 10 nitrogen and oxygen atoms in total. The van der Waals surface area contributed by atoms with E-state index in [9.17, 15) is 22.8 Å². The molecule has 15 heteroatoms. The molecule has 1 aliphatic rings. The molecule has 1 aromatic carbocycles. The van der Waals surface area contributed by atoms with Crippen molar-refractivity contribution in [3.05, 3.63) is 34.7 Å². The van der Waals surface area contributed by atoms with Crippen LogP contribution in [0.2, 0.25) is 0 Å². The number of alkyl halides is 3. The largest absolute Gasteiger partial charge is 0.573 e. The minimum Gasteiger partial charge on any atom is -0.404 e. The minimum atomic E-state index is -4.98. The molecular weight excluding hydrogens is 497 g/mol. The number of carbonyl (C=O) groups is 2. The number of amides is 2. The normalized spacial score (nSPS) is 14.6. The van der Waals surface area contributed by atoms with Gasteiger partial charge in [0.25, 0.3) is 5.91 Å². The lowest BCUT2D eigenvalue weighted by molar-refractivity contribution is -0.274. The smallest absolute Gasteiger partial charge is 0.404 e. The molecule has 2 amide bonds. The van der Waals surface area contributed by atoms with E-state index >= 15 is 0 Å². The Labute approximate surface area is 198 Å². The van der Waals surface area contributed by atoms with Gasteiger partial charge in [-0.2, -0.15) is 0 Å². The van der Waals surface area contributed by atoms with Gasteiger partial charge in [0.2, 0.25) is 11.0 Å². The second-order valence-corrected chi connectivity index (χ2v) is 8.63. The number of rotatable bonds is 7. The first kappa shape index (κ1) is 24.0. The zero-order chi connectivity index (χ0) is 24.1. The van der Waals surface area contributed by atoms with Crippen molar-refractivity contribution >= 4 is 45.3 Å². The summed E-state index contributed by atoms with van der Waals surface area (Å²) in [5.74, 6) is -1.84. The maximum absolute atomic E-state index is 12.8. The quantitative estimate of drug-likeness (QED) is 0.494. The lowest BCUT2D eigenvalue weighted by atomic mass is 10.1. The molecule has 1 saturated heterocycles. The van der Waals surface area contributed by atoms with Crippen LogP contribution in [0, 0.1) is 0 Å². The fourth-order valence-electron chi connectivity index (χ4n) is 3.00. The average Bonchev–Trinajstić information content (AvgIpc) is 3.46. The molecule has 0 spiro atoms. The van der Waals surface area contributed by atoms with Crippen LogP contribution < -0.4 is 15.4 Å². The molecule has 0 aliphatic carbocycles. The lowest BCUT2D eigenvalue weighted by Gasteiger charge is -2.26. The lowest BCUT2D eigenvalue weighted by Crippen LogP contribution is -2.41. The van der Waals surface area contributed by atoms with E-state index in [4.69, 9.17) is 4.74 Å². The topological polar surface area (TPSA) is 119 Å². The van der Waals surface area contributed by atoms with Gasteiger partial charge in [-0.1, -0.05) is 11.3 Å².